The van der Waals surface area contributed by atoms with Crippen LogP contribution >= 0.6 is 22.7 Å². The van der Waals surface area contributed by atoms with Crippen molar-refractivity contribution in [3.05, 3.63) is 12.1 Å². The molecule has 0 aliphatic carbocycles. The molecule has 0 atom stereocenters. The Kier molecular flexibility index (Phi) is 5.06. The molecule has 0 saturated heterocycles. The second kappa shape index (κ2) is 7.23. The molecule has 1 aromatic carbocycles. The van der Waals surface area contributed by atoms with Crippen molar-refractivity contribution in [3.63, 3.8) is 0 Å². The Morgan fingerprint density at radius 2 is 1.33 bits per heavy atom. The average molecular weight is 361 g/mol. The number of nitrogens with zero attached hydrogens (tertiary/aromatic N) is 4. The van der Waals surface area contributed by atoms with Crippen LogP contribution in [0.25, 0.3) is 20.4 Å². The fraction of sp³-hybridized carbons (Fsp3) is 0.375. The van der Waals surface area contributed by atoms with Gasteiger partial charge in [0.1, 0.15) is 0 Å². The van der Waals surface area contributed by atoms with E-state index in [4.69, 9.17) is 0 Å². The number of rotatable bonds is 6. The van der Waals surface area contributed by atoms with E-state index in [0.29, 0.717) is 0 Å². The van der Waals surface area contributed by atoms with Crippen LogP contribution in [0.15, 0.2) is 22.3 Å². The standard InChI is InChI=1S/C16H20N6S2/c1-5-9(3)19-21-15-17-11-7-12-14(8-13(11)23-15)24-16(18-12)22-20-10(4)6-2/h7-8H,5-6H2,1-4H3,(H,17,21)(H,18,22)/b19-9+,20-10+. The van der Waals surface area contributed by atoms with Crippen LogP contribution < -0.4 is 10.9 Å². The first-order valence-corrected chi connectivity index (χ1v) is 9.51. The number of aromatic nitrogens is 2. The molecule has 3 aromatic rings. The second-order valence-corrected chi connectivity index (χ2v) is 7.51. The fourth-order valence-corrected chi connectivity index (χ4v) is 3.62. The van der Waals surface area contributed by atoms with E-state index in [1.54, 1.807) is 22.7 Å². The van der Waals surface area contributed by atoms with Crippen molar-refractivity contribution >= 4 is 64.8 Å². The molecule has 0 spiro atoms. The zero-order valence-corrected chi connectivity index (χ0v) is 15.8. The van der Waals surface area contributed by atoms with Crippen molar-refractivity contribution in [2.24, 2.45) is 10.2 Å². The highest BCUT2D eigenvalue weighted by Gasteiger charge is 2.09. The Bertz CT molecular complexity index is 799. The van der Waals surface area contributed by atoms with E-state index in [1.807, 2.05) is 19.9 Å². The van der Waals surface area contributed by atoms with Gasteiger partial charge in [-0.25, -0.2) is 9.97 Å². The predicted octanol–water partition coefficient (Wildman–Crippen LogP) is 5.30. The van der Waals surface area contributed by atoms with Crippen LogP contribution in [0.1, 0.15) is 40.5 Å². The van der Waals surface area contributed by atoms with E-state index in [-0.39, 0.29) is 0 Å². The number of hydrogen-bond acceptors (Lipinski definition) is 8. The molecule has 24 heavy (non-hydrogen) atoms. The van der Waals surface area contributed by atoms with Crippen LogP contribution in [0.4, 0.5) is 10.3 Å². The first-order valence-electron chi connectivity index (χ1n) is 7.88. The third-order valence-corrected chi connectivity index (χ3v) is 5.45. The van der Waals surface area contributed by atoms with E-state index in [0.717, 1.165) is 55.0 Å². The third-order valence-electron chi connectivity index (χ3n) is 3.61. The van der Waals surface area contributed by atoms with Gasteiger partial charge in [-0.15, -0.1) is 0 Å². The maximum Gasteiger partial charge on any atom is 0.204 e. The van der Waals surface area contributed by atoms with Crippen LogP contribution in [0.3, 0.4) is 0 Å². The van der Waals surface area contributed by atoms with Crippen molar-refractivity contribution in [1.82, 2.24) is 9.97 Å². The van der Waals surface area contributed by atoms with Gasteiger partial charge in [-0.2, -0.15) is 10.2 Å². The Morgan fingerprint density at radius 3 is 1.75 bits per heavy atom. The normalized spacial score (nSPS) is 13.0. The van der Waals surface area contributed by atoms with E-state index in [2.05, 4.69) is 50.9 Å². The van der Waals surface area contributed by atoms with Gasteiger partial charge in [-0.3, -0.25) is 10.9 Å². The van der Waals surface area contributed by atoms with Gasteiger partial charge in [-0.1, -0.05) is 36.5 Å². The summed E-state index contributed by atoms with van der Waals surface area (Å²) < 4.78 is 2.25. The zero-order chi connectivity index (χ0) is 17.1. The Morgan fingerprint density at radius 1 is 0.875 bits per heavy atom. The Balaban J connectivity index is 1.87. The number of fused-ring (bicyclic) bond motifs is 2. The average Bonchev–Trinajstić information content (AvgIpc) is 3.17. The van der Waals surface area contributed by atoms with Crippen molar-refractivity contribution in [2.75, 3.05) is 10.9 Å². The lowest BCUT2D eigenvalue weighted by atomic mass is 10.3. The van der Waals surface area contributed by atoms with Gasteiger partial charge in [0.25, 0.3) is 0 Å². The zero-order valence-electron chi connectivity index (χ0n) is 14.2. The van der Waals surface area contributed by atoms with Crippen LogP contribution in [-0.2, 0) is 0 Å². The molecule has 6 nitrogen and oxygen atoms in total. The second-order valence-electron chi connectivity index (χ2n) is 5.45. The largest absolute Gasteiger partial charge is 0.253 e. The molecule has 0 bridgehead atoms. The molecular weight excluding hydrogens is 340 g/mol. The number of benzene rings is 1. The summed E-state index contributed by atoms with van der Waals surface area (Å²) in [6, 6.07) is 4.14. The fourth-order valence-electron chi connectivity index (χ4n) is 1.89. The Labute approximate surface area is 148 Å². The number of hydrazone groups is 2. The van der Waals surface area contributed by atoms with Crippen molar-refractivity contribution in [1.29, 1.82) is 0 Å². The highest BCUT2D eigenvalue weighted by molar-refractivity contribution is 7.24. The highest BCUT2D eigenvalue weighted by Crippen LogP contribution is 2.34. The quantitative estimate of drug-likeness (QED) is 0.462. The van der Waals surface area contributed by atoms with E-state index in [1.165, 1.54) is 0 Å². The first-order chi connectivity index (χ1) is 11.6. The number of anilines is 2. The maximum absolute atomic E-state index is 4.58. The molecule has 2 N–H and O–H groups in total. The van der Waals surface area contributed by atoms with Crippen molar-refractivity contribution < 1.29 is 0 Å². The monoisotopic (exact) mass is 360 g/mol. The minimum atomic E-state index is 0.803. The summed E-state index contributed by atoms with van der Waals surface area (Å²) in [5.74, 6) is 0. The van der Waals surface area contributed by atoms with Gasteiger partial charge in [0.15, 0.2) is 0 Å². The summed E-state index contributed by atoms with van der Waals surface area (Å²) >= 11 is 3.19. The van der Waals surface area contributed by atoms with Crippen molar-refractivity contribution in [2.45, 2.75) is 40.5 Å². The van der Waals surface area contributed by atoms with Gasteiger partial charge in [0.05, 0.1) is 20.4 Å². The Hall–Kier alpha value is -2.06. The molecular formula is C16H20N6S2. The summed E-state index contributed by atoms with van der Waals surface area (Å²) in [4.78, 5) is 9.17. The molecule has 0 radical (unpaired) electrons. The minimum Gasteiger partial charge on any atom is -0.253 e. The van der Waals surface area contributed by atoms with Crippen LogP contribution in [-0.4, -0.2) is 21.4 Å². The lowest BCUT2D eigenvalue weighted by molar-refractivity contribution is 1.20. The molecule has 0 unspecified atom stereocenters. The molecule has 126 valence electrons. The first kappa shape index (κ1) is 16.8. The molecule has 0 amide bonds. The van der Waals surface area contributed by atoms with Gasteiger partial charge in [0, 0.05) is 11.4 Å². The maximum atomic E-state index is 4.58. The lowest BCUT2D eigenvalue weighted by Gasteiger charge is -1.95. The molecule has 0 fully saturated rings. The number of nitrogens with one attached hydrogen (secondary N) is 2. The van der Waals surface area contributed by atoms with Gasteiger partial charge in [-0.05, 0) is 38.8 Å². The van der Waals surface area contributed by atoms with Gasteiger partial charge >= 0.3 is 0 Å². The molecule has 0 aliphatic rings. The summed E-state index contributed by atoms with van der Waals surface area (Å²) in [7, 11) is 0. The predicted molar refractivity (Wildman–Crippen MR) is 107 cm³/mol. The molecule has 8 heteroatoms. The minimum absolute atomic E-state index is 0.803. The SMILES string of the molecule is CC/C(C)=N/Nc1nc2cc3nc(N/N=C(\C)CC)sc3cc2s1. The van der Waals surface area contributed by atoms with E-state index in [9.17, 15) is 0 Å². The van der Waals surface area contributed by atoms with Crippen LogP contribution in [0.2, 0.25) is 0 Å². The van der Waals surface area contributed by atoms with Gasteiger partial charge in [0.2, 0.25) is 10.3 Å². The molecule has 0 aliphatic heterocycles. The van der Waals surface area contributed by atoms with Crippen molar-refractivity contribution in [3.8, 4) is 0 Å². The lowest BCUT2D eigenvalue weighted by Crippen LogP contribution is -1.94. The molecule has 2 aromatic heterocycles. The summed E-state index contributed by atoms with van der Waals surface area (Å²) in [6.07, 6.45) is 1.85. The van der Waals surface area contributed by atoms with Crippen LogP contribution in [0, 0.1) is 0 Å². The van der Waals surface area contributed by atoms with Gasteiger partial charge < -0.3 is 0 Å². The van der Waals surface area contributed by atoms with E-state index < -0.39 is 0 Å². The molecule has 2 heterocycles. The highest BCUT2D eigenvalue weighted by atomic mass is 32.1. The third kappa shape index (κ3) is 3.70. The molecule has 3 rings (SSSR count). The smallest absolute Gasteiger partial charge is 0.204 e. The summed E-state index contributed by atoms with van der Waals surface area (Å²) in [6.45, 7) is 8.15. The van der Waals surface area contributed by atoms with E-state index >= 15 is 0 Å². The summed E-state index contributed by atoms with van der Waals surface area (Å²) in [5.41, 5.74) is 10.0. The van der Waals surface area contributed by atoms with Crippen LogP contribution in [0.5, 0.6) is 0 Å². The number of thiazole rings is 2. The summed E-state index contributed by atoms with van der Waals surface area (Å²) in [5, 5.41) is 10.2. The number of hydrogen-bond donors (Lipinski definition) is 2. The topological polar surface area (TPSA) is 74.6 Å². The molecule has 0 saturated carbocycles.